The molecule has 0 aliphatic rings. The van der Waals surface area contributed by atoms with Crippen LogP contribution in [0.25, 0.3) is 0 Å². The van der Waals surface area contributed by atoms with Crippen molar-refractivity contribution in [2.24, 2.45) is 7.05 Å². The maximum Gasteiger partial charge on any atom is 0.321 e. The summed E-state index contributed by atoms with van der Waals surface area (Å²) < 4.78 is 26.8. The van der Waals surface area contributed by atoms with Crippen LogP contribution in [0.3, 0.4) is 0 Å². The van der Waals surface area contributed by atoms with E-state index in [2.05, 4.69) is 5.32 Å². The molecule has 0 saturated heterocycles. The smallest absolute Gasteiger partial charge is 0.321 e. The highest BCUT2D eigenvalue weighted by Crippen LogP contribution is 2.25. The normalized spacial score (nSPS) is 11.5. The van der Waals surface area contributed by atoms with Crippen LogP contribution in [-0.2, 0) is 23.4 Å². The monoisotopic (exact) mass is 349 g/mol. The highest BCUT2D eigenvalue weighted by molar-refractivity contribution is 7.92. The van der Waals surface area contributed by atoms with Crippen LogP contribution in [-0.4, -0.2) is 36.2 Å². The highest BCUT2D eigenvalue weighted by Gasteiger charge is 2.23. The fourth-order valence-corrected chi connectivity index (χ4v) is 3.46. The Hall–Kier alpha value is -2.28. The molecule has 0 unspecified atom stereocenters. The largest absolute Gasteiger partial charge is 0.353 e. The van der Waals surface area contributed by atoms with Gasteiger partial charge >= 0.3 is 6.03 Å². The van der Waals surface area contributed by atoms with Crippen molar-refractivity contribution >= 4 is 21.6 Å². The Morgan fingerprint density at radius 2 is 1.88 bits per heavy atom. The molecular formula is C17H23N3O3S. The molecule has 0 atom stereocenters. The molecule has 0 aliphatic heterocycles. The van der Waals surface area contributed by atoms with E-state index in [1.54, 1.807) is 39.1 Å². The van der Waals surface area contributed by atoms with Crippen LogP contribution < -0.4 is 5.32 Å². The van der Waals surface area contributed by atoms with Crippen LogP contribution in [0.4, 0.5) is 10.5 Å². The van der Waals surface area contributed by atoms with Crippen LogP contribution >= 0.6 is 0 Å². The zero-order valence-electron chi connectivity index (χ0n) is 14.4. The Labute approximate surface area is 143 Å². The number of hydrogen-bond acceptors (Lipinski definition) is 3. The lowest BCUT2D eigenvalue weighted by atomic mass is 10.3. The van der Waals surface area contributed by atoms with Gasteiger partial charge in [-0.05, 0) is 38.1 Å². The third-order valence-corrected chi connectivity index (χ3v) is 6.06. The van der Waals surface area contributed by atoms with Gasteiger partial charge in [-0.2, -0.15) is 0 Å². The highest BCUT2D eigenvalue weighted by atomic mass is 32.2. The number of rotatable bonds is 5. The van der Waals surface area contributed by atoms with Crippen molar-refractivity contribution in [3.05, 3.63) is 48.3 Å². The van der Waals surface area contributed by atoms with Crippen LogP contribution in [0.15, 0.2) is 47.5 Å². The molecule has 0 saturated carbocycles. The van der Waals surface area contributed by atoms with Gasteiger partial charge < -0.3 is 14.8 Å². The molecule has 0 bridgehead atoms. The minimum atomic E-state index is -3.47. The van der Waals surface area contributed by atoms with Crippen molar-refractivity contribution < 1.29 is 13.2 Å². The van der Waals surface area contributed by atoms with Crippen molar-refractivity contribution in [3.63, 3.8) is 0 Å². The molecule has 2 aromatic rings. The van der Waals surface area contributed by atoms with Gasteiger partial charge in [-0.3, -0.25) is 0 Å². The van der Waals surface area contributed by atoms with Gasteiger partial charge in [0, 0.05) is 26.0 Å². The second-order valence-electron chi connectivity index (χ2n) is 5.99. The molecule has 1 heterocycles. The number of nitrogens with one attached hydrogen (secondary N) is 1. The molecule has 1 aromatic heterocycles. The number of benzene rings is 1. The van der Waals surface area contributed by atoms with Crippen molar-refractivity contribution in [2.75, 3.05) is 12.4 Å². The molecule has 24 heavy (non-hydrogen) atoms. The molecule has 0 aliphatic carbocycles. The third kappa shape index (κ3) is 3.79. The molecule has 1 N–H and O–H groups in total. The van der Waals surface area contributed by atoms with E-state index in [9.17, 15) is 13.2 Å². The Kier molecular flexibility index (Phi) is 5.33. The Morgan fingerprint density at radius 1 is 1.21 bits per heavy atom. The average Bonchev–Trinajstić information content (AvgIpc) is 2.92. The molecule has 6 nitrogen and oxygen atoms in total. The van der Waals surface area contributed by atoms with Crippen molar-refractivity contribution in [3.8, 4) is 0 Å². The Bertz CT molecular complexity index is 825. The van der Waals surface area contributed by atoms with Crippen molar-refractivity contribution in [2.45, 2.75) is 30.5 Å². The Balaban J connectivity index is 2.19. The third-order valence-electron chi connectivity index (χ3n) is 3.85. The number of anilines is 1. The molecule has 2 rings (SSSR count). The van der Waals surface area contributed by atoms with Gasteiger partial charge in [-0.15, -0.1) is 0 Å². The number of aryl methyl sites for hydroxylation is 1. The lowest BCUT2D eigenvalue weighted by molar-refractivity contribution is 0.219. The number of aromatic nitrogens is 1. The predicted molar refractivity (Wildman–Crippen MR) is 94.7 cm³/mol. The van der Waals surface area contributed by atoms with Gasteiger partial charge in [-0.25, -0.2) is 13.2 Å². The number of nitrogens with zero attached hydrogens (tertiary/aromatic N) is 2. The maximum absolute atomic E-state index is 12.4. The first-order valence-corrected chi connectivity index (χ1v) is 9.23. The van der Waals surface area contributed by atoms with E-state index in [0.717, 1.165) is 5.69 Å². The molecule has 130 valence electrons. The summed E-state index contributed by atoms with van der Waals surface area (Å²) >= 11 is 0. The summed E-state index contributed by atoms with van der Waals surface area (Å²) in [7, 11) is 0.104. The van der Waals surface area contributed by atoms with E-state index in [-0.39, 0.29) is 10.9 Å². The van der Waals surface area contributed by atoms with Crippen molar-refractivity contribution in [1.82, 2.24) is 9.47 Å². The molecule has 0 spiro atoms. The van der Waals surface area contributed by atoms with E-state index in [1.807, 2.05) is 29.9 Å². The first-order valence-electron chi connectivity index (χ1n) is 7.68. The quantitative estimate of drug-likeness (QED) is 0.902. The number of carbonyl (C=O) groups excluding carboxylic acids is 1. The van der Waals surface area contributed by atoms with E-state index in [1.165, 1.54) is 11.0 Å². The molecular weight excluding hydrogens is 326 g/mol. The minimum Gasteiger partial charge on any atom is -0.353 e. The van der Waals surface area contributed by atoms with Gasteiger partial charge in [0.25, 0.3) is 0 Å². The summed E-state index contributed by atoms with van der Waals surface area (Å²) in [6.45, 7) is 3.67. The summed E-state index contributed by atoms with van der Waals surface area (Å²) in [6, 6.07) is 9.95. The molecule has 2 amide bonds. The van der Waals surface area contributed by atoms with E-state index < -0.39 is 15.1 Å². The summed E-state index contributed by atoms with van der Waals surface area (Å²) in [5.74, 6) is 0. The first-order chi connectivity index (χ1) is 11.2. The predicted octanol–water partition coefficient (Wildman–Crippen LogP) is 2.87. The maximum atomic E-state index is 12.4. The summed E-state index contributed by atoms with van der Waals surface area (Å²) in [5, 5.41) is 2.14. The number of urea groups is 1. The first kappa shape index (κ1) is 18.1. The van der Waals surface area contributed by atoms with E-state index in [0.29, 0.717) is 12.2 Å². The second-order valence-corrected chi connectivity index (χ2v) is 8.46. The summed E-state index contributed by atoms with van der Waals surface area (Å²) in [6.07, 6.45) is 1.91. The van der Waals surface area contributed by atoms with Gasteiger partial charge in [0.05, 0.1) is 22.4 Å². The zero-order valence-corrected chi connectivity index (χ0v) is 15.2. The van der Waals surface area contributed by atoms with Gasteiger partial charge in [-0.1, -0.05) is 12.1 Å². The van der Waals surface area contributed by atoms with Crippen molar-refractivity contribution in [1.29, 1.82) is 0 Å². The van der Waals surface area contributed by atoms with Crippen LogP contribution in [0.1, 0.15) is 19.5 Å². The molecule has 0 radical (unpaired) electrons. The number of hydrogen-bond donors (Lipinski definition) is 1. The number of para-hydroxylation sites is 1. The molecule has 0 fully saturated rings. The van der Waals surface area contributed by atoms with Crippen LogP contribution in [0, 0.1) is 0 Å². The lowest BCUT2D eigenvalue weighted by Gasteiger charge is -2.20. The summed E-state index contributed by atoms with van der Waals surface area (Å²) in [5.41, 5.74) is 1.28. The second kappa shape index (κ2) is 7.09. The summed E-state index contributed by atoms with van der Waals surface area (Å²) in [4.78, 5) is 14.1. The lowest BCUT2D eigenvalue weighted by Crippen LogP contribution is -2.32. The molecule has 7 heteroatoms. The standard InChI is InChI=1S/C17H23N3O3S/c1-13(2)24(22,23)16-10-6-5-9-15(16)18-17(21)20(4)12-14-8-7-11-19(14)3/h5-11,13H,12H2,1-4H3,(H,18,21). The number of amides is 2. The fraction of sp³-hybridized carbons (Fsp3) is 0.353. The van der Waals surface area contributed by atoms with Gasteiger partial charge in [0.1, 0.15) is 0 Å². The van der Waals surface area contributed by atoms with E-state index in [4.69, 9.17) is 0 Å². The van der Waals surface area contributed by atoms with Crippen LogP contribution in [0.5, 0.6) is 0 Å². The topological polar surface area (TPSA) is 71.4 Å². The fourth-order valence-electron chi connectivity index (χ4n) is 2.26. The zero-order chi connectivity index (χ0) is 17.9. The molecule has 1 aromatic carbocycles. The Morgan fingerprint density at radius 3 is 2.46 bits per heavy atom. The minimum absolute atomic E-state index is 0.139. The number of sulfone groups is 1. The SMILES string of the molecule is CC(C)S(=O)(=O)c1ccccc1NC(=O)N(C)Cc1cccn1C. The number of carbonyl (C=O) groups is 1. The van der Waals surface area contributed by atoms with Gasteiger partial charge in [0.2, 0.25) is 0 Å². The van der Waals surface area contributed by atoms with E-state index >= 15 is 0 Å². The van der Waals surface area contributed by atoms with Crippen LogP contribution in [0.2, 0.25) is 0 Å². The van der Waals surface area contributed by atoms with Gasteiger partial charge in [0.15, 0.2) is 9.84 Å². The average molecular weight is 349 g/mol.